The summed E-state index contributed by atoms with van der Waals surface area (Å²) >= 11 is 0. The molecule has 0 radical (unpaired) electrons. The number of nitrogens with one attached hydrogen (secondary N) is 1. The highest BCUT2D eigenvalue weighted by molar-refractivity contribution is 5.88. The zero-order valence-electron chi connectivity index (χ0n) is 12.3. The second-order valence-electron chi connectivity index (χ2n) is 5.17. The number of aryl methyl sites for hydroxylation is 2. The van der Waals surface area contributed by atoms with Gasteiger partial charge in [0.15, 0.2) is 5.54 Å². The van der Waals surface area contributed by atoms with Gasteiger partial charge in [0.05, 0.1) is 13.0 Å². The summed E-state index contributed by atoms with van der Waals surface area (Å²) < 4.78 is 4.87. The highest BCUT2D eigenvalue weighted by Gasteiger charge is 2.35. The maximum Gasteiger partial charge on any atom is 0.331 e. The molecule has 0 aliphatic heterocycles. The monoisotopic (exact) mass is 279 g/mol. The molecule has 110 valence electrons. The second-order valence-corrected chi connectivity index (χ2v) is 5.17. The van der Waals surface area contributed by atoms with E-state index in [4.69, 9.17) is 4.74 Å². The molecule has 0 saturated carbocycles. The van der Waals surface area contributed by atoms with Crippen LogP contribution in [0.25, 0.3) is 0 Å². The smallest absolute Gasteiger partial charge is 0.331 e. The van der Waals surface area contributed by atoms with E-state index in [0.29, 0.717) is 0 Å². The molecule has 0 saturated heterocycles. The zero-order chi connectivity index (χ0) is 15.3. The van der Waals surface area contributed by atoms with Crippen molar-refractivity contribution in [2.45, 2.75) is 32.7 Å². The van der Waals surface area contributed by atoms with Crippen molar-refractivity contribution in [2.24, 2.45) is 0 Å². The van der Waals surface area contributed by atoms with Crippen LogP contribution in [0, 0.1) is 13.8 Å². The molecule has 0 fully saturated rings. The van der Waals surface area contributed by atoms with E-state index in [9.17, 15) is 14.7 Å². The summed E-state index contributed by atoms with van der Waals surface area (Å²) in [5.74, 6) is -1.45. The molecule has 1 aromatic rings. The standard InChI is InChI=1S/C15H21NO4/c1-10-6-5-7-11(2)12(10)8-13(17)16-15(3,9-20-4)14(18)19/h5-7H,8-9H2,1-4H3,(H,16,17)(H,18,19). The molecule has 1 amide bonds. The lowest BCUT2D eigenvalue weighted by Crippen LogP contribution is -2.55. The van der Waals surface area contributed by atoms with Gasteiger partial charge in [0.25, 0.3) is 0 Å². The molecule has 0 aliphatic carbocycles. The predicted molar refractivity (Wildman–Crippen MR) is 75.7 cm³/mol. The molecule has 5 nitrogen and oxygen atoms in total. The van der Waals surface area contributed by atoms with Gasteiger partial charge in [0, 0.05) is 7.11 Å². The molecule has 0 aromatic heterocycles. The van der Waals surface area contributed by atoms with Crippen molar-refractivity contribution < 1.29 is 19.4 Å². The van der Waals surface area contributed by atoms with Crippen LogP contribution in [0.5, 0.6) is 0 Å². The molecule has 1 atom stereocenters. The van der Waals surface area contributed by atoms with E-state index in [0.717, 1.165) is 16.7 Å². The van der Waals surface area contributed by atoms with Crippen molar-refractivity contribution in [3.63, 3.8) is 0 Å². The van der Waals surface area contributed by atoms with Crippen LogP contribution in [0.1, 0.15) is 23.6 Å². The third kappa shape index (κ3) is 3.81. The first kappa shape index (κ1) is 16.2. The van der Waals surface area contributed by atoms with E-state index in [-0.39, 0.29) is 18.9 Å². The molecule has 1 rings (SSSR count). The van der Waals surface area contributed by atoms with Gasteiger partial charge in [-0.25, -0.2) is 4.79 Å². The van der Waals surface area contributed by atoms with Crippen LogP contribution in [-0.2, 0) is 20.7 Å². The topological polar surface area (TPSA) is 75.6 Å². The Kier molecular flexibility index (Phi) is 5.27. The van der Waals surface area contributed by atoms with Gasteiger partial charge in [0.2, 0.25) is 5.91 Å². The molecule has 1 unspecified atom stereocenters. The van der Waals surface area contributed by atoms with E-state index in [1.165, 1.54) is 14.0 Å². The van der Waals surface area contributed by atoms with Gasteiger partial charge in [-0.2, -0.15) is 0 Å². The minimum Gasteiger partial charge on any atom is -0.479 e. The Labute approximate surface area is 118 Å². The van der Waals surface area contributed by atoms with Crippen LogP contribution < -0.4 is 5.32 Å². The van der Waals surface area contributed by atoms with Gasteiger partial charge in [-0.3, -0.25) is 4.79 Å². The van der Waals surface area contributed by atoms with Gasteiger partial charge in [-0.15, -0.1) is 0 Å². The Morgan fingerprint density at radius 3 is 2.30 bits per heavy atom. The van der Waals surface area contributed by atoms with E-state index in [2.05, 4.69) is 5.32 Å². The Balaban J connectivity index is 2.84. The van der Waals surface area contributed by atoms with Crippen LogP contribution in [0.2, 0.25) is 0 Å². The fourth-order valence-corrected chi connectivity index (χ4v) is 2.08. The van der Waals surface area contributed by atoms with E-state index in [1.54, 1.807) is 0 Å². The number of ether oxygens (including phenoxy) is 1. The normalized spacial score (nSPS) is 13.6. The lowest BCUT2D eigenvalue weighted by Gasteiger charge is -2.25. The number of methoxy groups -OCH3 is 1. The summed E-state index contributed by atoms with van der Waals surface area (Å²) in [6.45, 7) is 5.21. The fourth-order valence-electron chi connectivity index (χ4n) is 2.08. The van der Waals surface area contributed by atoms with Crippen LogP contribution in [0.15, 0.2) is 18.2 Å². The molecule has 0 spiro atoms. The predicted octanol–water partition coefficient (Wildman–Crippen LogP) is 1.45. The number of amides is 1. The summed E-state index contributed by atoms with van der Waals surface area (Å²) in [4.78, 5) is 23.3. The highest BCUT2D eigenvalue weighted by Crippen LogP contribution is 2.14. The van der Waals surface area contributed by atoms with Crippen molar-refractivity contribution in [3.8, 4) is 0 Å². The first-order chi connectivity index (χ1) is 9.30. The SMILES string of the molecule is COCC(C)(NC(=O)Cc1c(C)cccc1C)C(=O)O. The third-order valence-electron chi connectivity index (χ3n) is 3.30. The van der Waals surface area contributed by atoms with Crippen molar-refractivity contribution in [2.75, 3.05) is 13.7 Å². The summed E-state index contributed by atoms with van der Waals surface area (Å²) in [5, 5.41) is 11.7. The number of rotatable bonds is 6. The lowest BCUT2D eigenvalue weighted by molar-refractivity contribution is -0.149. The van der Waals surface area contributed by atoms with Gasteiger partial charge >= 0.3 is 5.97 Å². The molecule has 0 aliphatic rings. The molecule has 0 heterocycles. The van der Waals surface area contributed by atoms with Crippen LogP contribution in [-0.4, -0.2) is 36.2 Å². The highest BCUT2D eigenvalue weighted by atomic mass is 16.5. The molecule has 0 bridgehead atoms. The maximum atomic E-state index is 12.1. The Morgan fingerprint density at radius 1 is 1.30 bits per heavy atom. The number of hydrogen-bond donors (Lipinski definition) is 2. The minimum absolute atomic E-state index is 0.0825. The van der Waals surface area contributed by atoms with E-state index >= 15 is 0 Å². The molecule has 20 heavy (non-hydrogen) atoms. The van der Waals surface area contributed by atoms with Crippen molar-refractivity contribution in [1.29, 1.82) is 0 Å². The van der Waals surface area contributed by atoms with Crippen molar-refractivity contribution >= 4 is 11.9 Å². The number of carbonyl (C=O) groups excluding carboxylic acids is 1. The lowest BCUT2D eigenvalue weighted by atomic mass is 9.98. The molecular formula is C15H21NO4. The molecule has 1 aromatic carbocycles. The Bertz CT molecular complexity index is 492. The summed E-state index contributed by atoms with van der Waals surface area (Å²) in [7, 11) is 1.40. The van der Waals surface area contributed by atoms with Gasteiger partial charge < -0.3 is 15.2 Å². The molecule has 5 heteroatoms. The average Bonchev–Trinajstić information content (AvgIpc) is 2.34. The third-order valence-corrected chi connectivity index (χ3v) is 3.30. The van der Waals surface area contributed by atoms with E-state index < -0.39 is 11.5 Å². The van der Waals surface area contributed by atoms with Gasteiger partial charge in [-0.05, 0) is 37.5 Å². The number of carbonyl (C=O) groups is 2. The van der Waals surface area contributed by atoms with Crippen molar-refractivity contribution in [3.05, 3.63) is 34.9 Å². The molecule has 2 N–H and O–H groups in total. The summed E-state index contributed by atoms with van der Waals surface area (Å²) in [6, 6.07) is 5.79. The first-order valence-corrected chi connectivity index (χ1v) is 6.38. The number of carboxylic acids is 1. The number of hydrogen-bond acceptors (Lipinski definition) is 3. The van der Waals surface area contributed by atoms with Crippen molar-refractivity contribution in [1.82, 2.24) is 5.32 Å². The summed E-state index contributed by atoms with van der Waals surface area (Å²) in [5.41, 5.74) is 1.55. The second kappa shape index (κ2) is 6.52. The quantitative estimate of drug-likeness (QED) is 0.826. The first-order valence-electron chi connectivity index (χ1n) is 6.38. The minimum atomic E-state index is -1.41. The molecular weight excluding hydrogens is 258 g/mol. The Morgan fingerprint density at radius 2 is 1.85 bits per heavy atom. The van der Waals surface area contributed by atoms with Crippen LogP contribution in [0.4, 0.5) is 0 Å². The van der Waals surface area contributed by atoms with E-state index in [1.807, 2.05) is 32.0 Å². The zero-order valence-corrected chi connectivity index (χ0v) is 12.3. The maximum absolute atomic E-state index is 12.1. The van der Waals surface area contributed by atoms with Gasteiger partial charge in [0.1, 0.15) is 0 Å². The summed E-state index contributed by atoms with van der Waals surface area (Å²) in [6.07, 6.45) is 0.158. The fraction of sp³-hybridized carbons (Fsp3) is 0.467. The Hall–Kier alpha value is -1.88. The number of benzene rings is 1. The average molecular weight is 279 g/mol. The van der Waals surface area contributed by atoms with Gasteiger partial charge in [-0.1, -0.05) is 18.2 Å². The largest absolute Gasteiger partial charge is 0.479 e. The van der Waals surface area contributed by atoms with Crippen LogP contribution in [0.3, 0.4) is 0 Å². The number of carboxylic acid groups (broad SMARTS) is 1. The van der Waals surface area contributed by atoms with Crippen LogP contribution >= 0.6 is 0 Å². The number of aliphatic carboxylic acids is 1.